The number of amides is 1. The lowest BCUT2D eigenvalue weighted by Gasteiger charge is -2.03. The number of methoxy groups -OCH3 is 1. The first-order valence-electron chi connectivity index (χ1n) is 7.98. The maximum atomic E-state index is 12.3. The number of anilines is 1. The van der Waals surface area contributed by atoms with E-state index in [4.69, 9.17) is 4.74 Å². The van der Waals surface area contributed by atoms with Gasteiger partial charge in [-0.2, -0.15) is 0 Å². The summed E-state index contributed by atoms with van der Waals surface area (Å²) in [6.07, 6.45) is 0.591. The molecule has 0 aliphatic heterocycles. The Kier molecular flexibility index (Phi) is 5.41. The Labute approximate surface area is 159 Å². The van der Waals surface area contributed by atoms with Gasteiger partial charge in [0, 0.05) is 23.6 Å². The highest BCUT2D eigenvalue weighted by molar-refractivity contribution is 7.15. The van der Waals surface area contributed by atoms with Crippen LogP contribution in [0.15, 0.2) is 42.5 Å². The highest BCUT2D eigenvalue weighted by Gasteiger charge is 2.15. The molecule has 0 aliphatic carbocycles. The van der Waals surface area contributed by atoms with E-state index in [1.165, 1.54) is 29.5 Å². The van der Waals surface area contributed by atoms with Gasteiger partial charge >= 0.3 is 0 Å². The molecule has 0 aliphatic rings. The molecule has 0 fully saturated rings. The van der Waals surface area contributed by atoms with Gasteiger partial charge in [0.25, 0.3) is 11.6 Å². The van der Waals surface area contributed by atoms with E-state index in [2.05, 4.69) is 15.5 Å². The Morgan fingerprint density at radius 3 is 2.59 bits per heavy atom. The molecule has 3 rings (SSSR count). The quantitative estimate of drug-likeness (QED) is 0.514. The van der Waals surface area contributed by atoms with E-state index in [-0.39, 0.29) is 11.6 Å². The van der Waals surface area contributed by atoms with Crippen molar-refractivity contribution in [2.75, 3.05) is 12.4 Å². The second kappa shape index (κ2) is 7.92. The van der Waals surface area contributed by atoms with Crippen LogP contribution in [-0.2, 0) is 6.42 Å². The minimum atomic E-state index is -0.479. The van der Waals surface area contributed by atoms with Crippen LogP contribution in [0.1, 0.15) is 26.5 Å². The van der Waals surface area contributed by atoms with Gasteiger partial charge in [-0.3, -0.25) is 20.2 Å². The van der Waals surface area contributed by atoms with Crippen LogP contribution in [-0.4, -0.2) is 28.1 Å². The van der Waals surface area contributed by atoms with Gasteiger partial charge in [0.15, 0.2) is 0 Å². The Hall–Kier alpha value is -3.33. The van der Waals surface area contributed by atoms with Gasteiger partial charge in [-0.25, -0.2) is 0 Å². The normalized spacial score (nSPS) is 10.4. The largest absolute Gasteiger partial charge is 0.497 e. The molecule has 0 atom stereocenters. The summed E-state index contributed by atoms with van der Waals surface area (Å²) in [6.45, 7) is 1.59. The van der Waals surface area contributed by atoms with Crippen molar-refractivity contribution < 1.29 is 14.5 Å². The van der Waals surface area contributed by atoms with E-state index in [0.29, 0.717) is 22.7 Å². The summed E-state index contributed by atoms with van der Waals surface area (Å²) in [5.74, 6) is 0.391. The molecule has 3 aromatic rings. The van der Waals surface area contributed by atoms with E-state index in [1.807, 2.05) is 24.3 Å². The molecule has 0 unspecified atom stereocenters. The molecule has 0 spiro atoms. The van der Waals surface area contributed by atoms with E-state index < -0.39 is 4.92 Å². The van der Waals surface area contributed by atoms with Crippen LogP contribution in [0.2, 0.25) is 0 Å². The first kappa shape index (κ1) is 18.5. The van der Waals surface area contributed by atoms with Gasteiger partial charge in [0.2, 0.25) is 5.13 Å². The minimum absolute atomic E-state index is 0.0238. The fourth-order valence-electron chi connectivity index (χ4n) is 2.46. The molecule has 1 amide bonds. The number of nitrogens with one attached hydrogen (secondary N) is 1. The number of carbonyl (C=O) groups is 1. The summed E-state index contributed by atoms with van der Waals surface area (Å²) in [5.41, 5.74) is 1.77. The predicted molar refractivity (Wildman–Crippen MR) is 101 cm³/mol. The summed E-state index contributed by atoms with van der Waals surface area (Å²) in [7, 11) is 1.61. The van der Waals surface area contributed by atoms with Crippen LogP contribution in [0.3, 0.4) is 0 Å². The average molecular weight is 384 g/mol. The molecule has 138 valence electrons. The van der Waals surface area contributed by atoms with Crippen LogP contribution >= 0.6 is 11.3 Å². The number of nitro groups is 1. The van der Waals surface area contributed by atoms with Crippen molar-refractivity contribution in [3.05, 3.63) is 74.3 Å². The average Bonchev–Trinajstić information content (AvgIpc) is 3.08. The summed E-state index contributed by atoms with van der Waals surface area (Å²) in [4.78, 5) is 22.7. The lowest BCUT2D eigenvalue weighted by molar-refractivity contribution is -0.385. The Balaban J connectivity index is 1.67. The van der Waals surface area contributed by atoms with E-state index in [1.54, 1.807) is 14.0 Å². The SMILES string of the molecule is COc1ccc(Cc2nnc(NC(=O)c3ccc([N+](=O)[O-])c(C)c3)s2)cc1. The molecular weight excluding hydrogens is 368 g/mol. The van der Waals surface area contributed by atoms with E-state index >= 15 is 0 Å². The maximum Gasteiger partial charge on any atom is 0.272 e. The standard InChI is InChI=1S/C18H16N4O4S/c1-11-9-13(5-8-15(11)22(24)25)17(23)19-18-21-20-16(27-18)10-12-3-6-14(26-2)7-4-12/h3-9H,10H2,1-2H3,(H,19,21,23). The topological polar surface area (TPSA) is 107 Å². The lowest BCUT2D eigenvalue weighted by Crippen LogP contribution is -2.12. The fourth-order valence-corrected chi connectivity index (χ4v) is 3.23. The van der Waals surface area contributed by atoms with Crippen LogP contribution in [0.5, 0.6) is 5.75 Å². The summed E-state index contributed by atoms with van der Waals surface area (Å²) in [6, 6.07) is 11.8. The lowest BCUT2D eigenvalue weighted by atomic mass is 10.1. The van der Waals surface area contributed by atoms with Crippen LogP contribution in [0, 0.1) is 17.0 Å². The van der Waals surface area contributed by atoms with Gasteiger partial charge in [-0.15, -0.1) is 10.2 Å². The number of aromatic nitrogens is 2. The summed E-state index contributed by atoms with van der Waals surface area (Å²) < 4.78 is 5.13. The number of nitrogens with zero attached hydrogens (tertiary/aromatic N) is 3. The fraction of sp³-hybridized carbons (Fsp3) is 0.167. The Morgan fingerprint density at radius 2 is 1.96 bits per heavy atom. The number of rotatable bonds is 6. The minimum Gasteiger partial charge on any atom is -0.497 e. The highest BCUT2D eigenvalue weighted by atomic mass is 32.1. The van der Waals surface area contributed by atoms with Gasteiger partial charge in [-0.1, -0.05) is 23.5 Å². The Bertz CT molecular complexity index is 985. The number of hydrogen-bond acceptors (Lipinski definition) is 7. The van der Waals surface area contributed by atoms with Gasteiger partial charge < -0.3 is 4.74 Å². The number of carbonyl (C=O) groups excluding carboxylic acids is 1. The molecule has 0 radical (unpaired) electrons. The molecule has 9 heteroatoms. The second-order valence-electron chi connectivity index (χ2n) is 5.74. The third-order valence-corrected chi connectivity index (χ3v) is 4.70. The van der Waals surface area contributed by atoms with Crippen molar-refractivity contribution in [1.29, 1.82) is 0 Å². The smallest absolute Gasteiger partial charge is 0.272 e. The molecule has 27 heavy (non-hydrogen) atoms. The van der Waals surface area contributed by atoms with Crippen molar-refractivity contribution in [2.45, 2.75) is 13.3 Å². The highest BCUT2D eigenvalue weighted by Crippen LogP contribution is 2.22. The molecule has 2 aromatic carbocycles. The number of ether oxygens (including phenoxy) is 1. The second-order valence-corrected chi connectivity index (χ2v) is 6.80. The van der Waals surface area contributed by atoms with Crippen molar-refractivity contribution in [3.63, 3.8) is 0 Å². The summed E-state index contributed by atoms with van der Waals surface area (Å²) in [5, 5.41) is 22.7. The van der Waals surface area contributed by atoms with Crippen LogP contribution < -0.4 is 10.1 Å². The van der Waals surface area contributed by atoms with Crippen molar-refractivity contribution in [3.8, 4) is 5.75 Å². The number of aryl methyl sites for hydroxylation is 1. The molecule has 8 nitrogen and oxygen atoms in total. The maximum absolute atomic E-state index is 12.3. The van der Waals surface area contributed by atoms with E-state index in [9.17, 15) is 14.9 Å². The third kappa shape index (κ3) is 4.45. The zero-order valence-electron chi connectivity index (χ0n) is 14.6. The monoisotopic (exact) mass is 384 g/mol. The molecule has 0 bridgehead atoms. The molecule has 1 aromatic heterocycles. The molecule has 1 N–H and O–H groups in total. The molecular formula is C18H16N4O4S. The Morgan fingerprint density at radius 1 is 1.22 bits per heavy atom. The van der Waals surface area contributed by atoms with Crippen molar-refractivity contribution in [2.24, 2.45) is 0 Å². The van der Waals surface area contributed by atoms with Crippen molar-refractivity contribution >= 4 is 28.1 Å². The number of benzene rings is 2. The van der Waals surface area contributed by atoms with Gasteiger partial charge in [0.05, 0.1) is 12.0 Å². The first-order valence-corrected chi connectivity index (χ1v) is 8.79. The van der Waals surface area contributed by atoms with E-state index in [0.717, 1.165) is 16.3 Å². The zero-order valence-corrected chi connectivity index (χ0v) is 15.4. The van der Waals surface area contributed by atoms with Gasteiger partial charge in [0.1, 0.15) is 10.8 Å². The number of hydrogen-bond donors (Lipinski definition) is 1. The molecule has 0 saturated heterocycles. The number of nitro benzene ring substituents is 1. The first-order chi connectivity index (χ1) is 13.0. The molecule has 1 heterocycles. The van der Waals surface area contributed by atoms with Gasteiger partial charge in [-0.05, 0) is 36.8 Å². The molecule has 0 saturated carbocycles. The predicted octanol–water partition coefficient (Wildman–Crippen LogP) is 3.61. The van der Waals surface area contributed by atoms with Crippen LogP contribution in [0.25, 0.3) is 0 Å². The van der Waals surface area contributed by atoms with Crippen molar-refractivity contribution in [1.82, 2.24) is 10.2 Å². The summed E-state index contributed by atoms with van der Waals surface area (Å²) >= 11 is 1.28. The zero-order chi connectivity index (χ0) is 19.4. The van der Waals surface area contributed by atoms with Crippen LogP contribution in [0.4, 0.5) is 10.8 Å². The third-order valence-electron chi connectivity index (χ3n) is 3.86.